The molecule has 424 valence electrons. The van der Waals surface area contributed by atoms with Gasteiger partial charge in [0.25, 0.3) is 0 Å². The molecule has 0 radical (unpaired) electrons. The van der Waals surface area contributed by atoms with Crippen molar-refractivity contribution in [3.63, 3.8) is 0 Å². The Morgan fingerprint density at radius 2 is 1.04 bits per heavy atom. The van der Waals surface area contributed by atoms with Crippen molar-refractivity contribution in [3.8, 4) is 0 Å². The van der Waals surface area contributed by atoms with Crippen LogP contribution in [-0.2, 0) is 23.7 Å². The van der Waals surface area contributed by atoms with Crippen molar-refractivity contribution >= 4 is 0 Å². The summed E-state index contributed by atoms with van der Waals surface area (Å²) in [6, 6.07) is 0. The van der Waals surface area contributed by atoms with Gasteiger partial charge in [-0.15, -0.1) is 0 Å². The van der Waals surface area contributed by atoms with Gasteiger partial charge in [0.2, 0.25) is 0 Å². The van der Waals surface area contributed by atoms with Gasteiger partial charge < -0.3 is 49.2 Å². The topological polar surface area (TPSA) is 147 Å². The first kappa shape index (κ1) is 55.5. The second-order valence-electron chi connectivity index (χ2n) is 32.2. The lowest BCUT2D eigenvalue weighted by atomic mass is 9.41. The standard InChI is InChI=1S/2C32H54O5/c1-18-16-19(25(33)28(4,5)34)37-24-23(18)29(6)14-15-32-17-31(32)13-12-22(35-8)27(2,3)20(31)10-11-21(32)30(29,7)26(24)36-9;1-9-36-26(28(5,6)35)19-16-18(2)23-24(37-19)25(34)30(8)21-11-10-20-27(3,4)22(33)12-13-31(20)17-32(21,31)15-14-29(23,30)7/h18-26,33-34H,10-17H2,1-9H3;18-26,33-35H,9-17H2,1-8H3/t2*18-,19-,20+,21+,22+,23+,24+,25+,26+,29-,30-,31-,32+/m11/s1. The lowest BCUT2D eigenvalue weighted by molar-refractivity contribution is -0.215. The van der Waals surface area contributed by atoms with Crippen LogP contribution in [0.5, 0.6) is 0 Å². The van der Waals surface area contributed by atoms with Gasteiger partial charge in [-0.25, -0.2) is 0 Å². The van der Waals surface area contributed by atoms with Crippen LogP contribution in [0.25, 0.3) is 0 Å². The average molecular weight is 1040 g/mol. The first-order chi connectivity index (χ1) is 34.3. The highest BCUT2D eigenvalue weighted by atomic mass is 16.6. The summed E-state index contributed by atoms with van der Waals surface area (Å²) in [5, 5.41) is 55.8. The number of hydrogen-bond donors (Lipinski definition) is 5. The zero-order valence-electron chi connectivity index (χ0n) is 49.7. The van der Waals surface area contributed by atoms with Crippen LogP contribution in [0.3, 0.4) is 0 Å². The molecule has 0 aromatic carbocycles. The Bertz CT molecular complexity index is 2150. The number of aliphatic hydroxyl groups excluding tert-OH is 3. The van der Waals surface area contributed by atoms with E-state index in [1.807, 2.05) is 35.0 Å². The van der Waals surface area contributed by atoms with Crippen LogP contribution in [0.1, 0.15) is 207 Å². The van der Waals surface area contributed by atoms with Crippen LogP contribution in [0, 0.1) is 101 Å². The molecule has 12 rings (SSSR count). The molecule has 2 aliphatic heterocycles. The zero-order valence-corrected chi connectivity index (χ0v) is 49.7. The number of rotatable bonds is 8. The van der Waals surface area contributed by atoms with Crippen molar-refractivity contribution in [1.29, 1.82) is 0 Å². The van der Waals surface area contributed by atoms with E-state index in [1.165, 1.54) is 64.2 Å². The largest absolute Gasteiger partial charge is 0.393 e. The van der Waals surface area contributed by atoms with Gasteiger partial charge in [0.1, 0.15) is 12.2 Å². The molecule has 10 saturated carbocycles. The summed E-state index contributed by atoms with van der Waals surface area (Å²) < 4.78 is 32.3. The maximum atomic E-state index is 12.3. The van der Waals surface area contributed by atoms with Crippen LogP contribution < -0.4 is 0 Å². The van der Waals surface area contributed by atoms with Crippen LogP contribution >= 0.6 is 0 Å². The number of methoxy groups -OCH3 is 2. The fourth-order valence-electron chi connectivity index (χ4n) is 25.2. The molecular formula is C64H108O10. The van der Waals surface area contributed by atoms with E-state index in [9.17, 15) is 25.5 Å². The first-order valence-corrected chi connectivity index (χ1v) is 30.7. The van der Waals surface area contributed by atoms with Gasteiger partial charge in [0, 0.05) is 31.7 Å². The number of hydrogen-bond acceptors (Lipinski definition) is 10. The Morgan fingerprint density at radius 1 is 0.568 bits per heavy atom. The predicted octanol–water partition coefficient (Wildman–Crippen LogP) is 10.9. The molecule has 26 atom stereocenters. The van der Waals surface area contributed by atoms with Crippen molar-refractivity contribution in [2.75, 3.05) is 20.8 Å². The molecule has 0 aromatic heterocycles. The van der Waals surface area contributed by atoms with E-state index < -0.39 is 29.5 Å². The number of ether oxygens (including phenoxy) is 5. The van der Waals surface area contributed by atoms with Gasteiger partial charge in [0.05, 0.1) is 60.0 Å². The Kier molecular flexibility index (Phi) is 12.8. The molecule has 0 bridgehead atoms. The molecule has 0 amide bonds. The Labute approximate surface area is 448 Å². The molecule has 10 aliphatic carbocycles. The number of fused-ring (bicyclic) bond motifs is 8. The fourth-order valence-corrected chi connectivity index (χ4v) is 25.2. The van der Waals surface area contributed by atoms with Crippen LogP contribution in [-0.4, -0.2) is 119 Å². The minimum Gasteiger partial charge on any atom is -0.393 e. The maximum Gasteiger partial charge on any atom is 0.112 e. The quantitative estimate of drug-likeness (QED) is 0.159. The molecule has 0 aromatic rings. The van der Waals surface area contributed by atoms with E-state index >= 15 is 0 Å². The molecule has 4 spiro atoms. The summed E-state index contributed by atoms with van der Waals surface area (Å²) in [6.07, 6.45) is 16.5. The summed E-state index contributed by atoms with van der Waals surface area (Å²) >= 11 is 0. The van der Waals surface area contributed by atoms with Crippen LogP contribution in [0.2, 0.25) is 0 Å². The zero-order chi connectivity index (χ0) is 53.9. The third kappa shape index (κ3) is 6.71. The molecule has 5 N–H and O–H groups in total. The highest BCUT2D eigenvalue weighted by molar-refractivity contribution is 5.35. The first-order valence-electron chi connectivity index (χ1n) is 30.7. The second kappa shape index (κ2) is 17.1. The van der Waals surface area contributed by atoms with E-state index in [1.54, 1.807) is 13.8 Å². The Hall–Kier alpha value is -0.400. The van der Waals surface area contributed by atoms with Gasteiger partial charge in [-0.05, 0) is 228 Å². The van der Waals surface area contributed by atoms with E-state index in [0.717, 1.165) is 44.4 Å². The molecule has 12 fully saturated rings. The maximum absolute atomic E-state index is 12.3. The second-order valence-corrected chi connectivity index (χ2v) is 32.2. The van der Waals surface area contributed by atoms with Crippen LogP contribution in [0.15, 0.2) is 0 Å². The lowest BCUT2D eigenvalue weighted by Crippen LogP contribution is -2.60. The Balaban J connectivity index is 0.000000159. The molecule has 10 heteroatoms. The smallest absolute Gasteiger partial charge is 0.112 e. The Morgan fingerprint density at radius 3 is 1.57 bits per heavy atom. The summed E-state index contributed by atoms with van der Waals surface area (Å²) in [5.74, 6) is 4.04. The summed E-state index contributed by atoms with van der Waals surface area (Å²) in [4.78, 5) is 0. The monoisotopic (exact) mass is 1040 g/mol. The van der Waals surface area contributed by atoms with E-state index in [0.29, 0.717) is 75.8 Å². The van der Waals surface area contributed by atoms with Gasteiger partial charge in [0.15, 0.2) is 0 Å². The lowest BCUT2D eigenvalue weighted by Gasteiger charge is -2.64. The highest BCUT2D eigenvalue weighted by Gasteiger charge is 2.87. The van der Waals surface area contributed by atoms with E-state index in [2.05, 4.69) is 69.2 Å². The highest BCUT2D eigenvalue weighted by Crippen LogP contribution is 2.91. The molecule has 12 aliphatic rings. The third-order valence-corrected chi connectivity index (χ3v) is 28.5. The minimum atomic E-state index is -1.18. The molecular weight excluding hydrogens is 929 g/mol. The predicted molar refractivity (Wildman–Crippen MR) is 288 cm³/mol. The van der Waals surface area contributed by atoms with Crippen molar-refractivity contribution in [3.05, 3.63) is 0 Å². The molecule has 0 unspecified atom stereocenters. The van der Waals surface area contributed by atoms with Gasteiger partial charge in [-0.3, -0.25) is 0 Å². The average Bonchev–Trinajstić information content (AvgIpc) is 4.16. The molecule has 2 saturated heterocycles. The van der Waals surface area contributed by atoms with Gasteiger partial charge in [-0.1, -0.05) is 69.2 Å². The van der Waals surface area contributed by atoms with Gasteiger partial charge >= 0.3 is 0 Å². The fraction of sp³-hybridized carbons (Fsp3) is 1.00. The van der Waals surface area contributed by atoms with E-state index in [-0.39, 0.29) is 69.1 Å². The van der Waals surface area contributed by atoms with E-state index in [4.69, 9.17) is 23.7 Å². The minimum absolute atomic E-state index is 0.0152. The molecule has 2 heterocycles. The van der Waals surface area contributed by atoms with Crippen molar-refractivity contribution in [1.82, 2.24) is 0 Å². The number of aliphatic hydroxyl groups is 5. The summed E-state index contributed by atoms with van der Waals surface area (Å²) in [5.41, 5.74) is -0.375. The third-order valence-electron chi connectivity index (χ3n) is 28.5. The van der Waals surface area contributed by atoms with Crippen molar-refractivity contribution in [2.45, 2.75) is 279 Å². The van der Waals surface area contributed by atoms with Crippen LogP contribution in [0.4, 0.5) is 0 Å². The van der Waals surface area contributed by atoms with Crippen molar-refractivity contribution in [2.24, 2.45) is 101 Å². The normalized spacial score (nSPS) is 56.8. The van der Waals surface area contributed by atoms with Gasteiger partial charge in [-0.2, -0.15) is 0 Å². The molecule has 10 nitrogen and oxygen atoms in total. The molecule has 74 heavy (non-hydrogen) atoms. The SMILES string of the molecule is CCO[C@@H]([C@H]1C[C@@H](C)[C@H]2[C@H](O1)[C@H](O)[C@@]1(C)[C@@H]3CC[C@H]4C(C)(C)[C@@H](O)CC[C@@]45C[C@@]35CC[C@]21C)C(C)(C)O.CO[C@H]1CC[C@]23C[C@]24CC[C@]2(C)[C@@H]5[C@H](O[C@@H]([C@H](O)C(C)(C)O)C[C@H]5C)[C@H](OC)[C@@]2(C)[C@@H]4CC[C@H]3C1(C)C. The summed E-state index contributed by atoms with van der Waals surface area (Å²) in [6.45, 7) is 33.9. The summed E-state index contributed by atoms with van der Waals surface area (Å²) in [7, 11) is 3.81. The van der Waals surface area contributed by atoms with Crippen molar-refractivity contribution < 1.29 is 49.2 Å².